The summed E-state index contributed by atoms with van der Waals surface area (Å²) in [5.41, 5.74) is 16.1. The highest BCUT2D eigenvalue weighted by atomic mass is 32.1. The summed E-state index contributed by atoms with van der Waals surface area (Å²) < 4.78 is 2.64. The summed E-state index contributed by atoms with van der Waals surface area (Å²) in [6, 6.07) is 81.1. The number of fused-ring (bicyclic) bond motifs is 4. The first-order chi connectivity index (χ1) is 29.2. The van der Waals surface area contributed by atoms with Crippen molar-refractivity contribution in [2.24, 2.45) is 0 Å². The summed E-state index contributed by atoms with van der Waals surface area (Å²) in [6.45, 7) is 0. The molecule has 0 unspecified atom stereocenters. The minimum Gasteiger partial charge on any atom is -0.248 e. The van der Waals surface area contributed by atoms with Gasteiger partial charge in [-0.05, 0) is 84.6 Å². The van der Waals surface area contributed by atoms with Crippen LogP contribution in [0.15, 0.2) is 224 Å². The third kappa shape index (κ3) is 6.60. The fraction of sp³-hybridized carbons (Fsp3) is 0. The number of hydrogen-bond donors (Lipinski definition) is 0. The molecule has 276 valence electrons. The Bertz CT molecular complexity index is 3260. The maximum absolute atomic E-state index is 5.33. The van der Waals surface area contributed by atoms with Crippen LogP contribution in [0.3, 0.4) is 0 Å². The lowest BCUT2D eigenvalue weighted by atomic mass is 9.94. The van der Waals surface area contributed by atoms with E-state index in [9.17, 15) is 0 Å². The zero-order valence-corrected chi connectivity index (χ0v) is 33.0. The van der Waals surface area contributed by atoms with Crippen molar-refractivity contribution < 1.29 is 0 Å². The number of pyridine rings is 1. The maximum atomic E-state index is 5.33. The Morgan fingerprint density at radius 3 is 1.34 bits per heavy atom. The van der Waals surface area contributed by atoms with Crippen LogP contribution in [0.4, 0.5) is 0 Å². The van der Waals surface area contributed by atoms with E-state index in [4.69, 9.17) is 4.98 Å². The molecule has 0 aliphatic heterocycles. The van der Waals surface area contributed by atoms with Gasteiger partial charge in [-0.1, -0.05) is 206 Å². The van der Waals surface area contributed by atoms with Crippen molar-refractivity contribution in [3.05, 3.63) is 224 Å². The predicted molar refractivity (Wildman–Crippen MR) is 253 cm³/mol. The third-order valence-corrected chi connectivity index (χ3v) is 12.8. The van der Waals surface area contributed by atoms with Gasteiger partial charge in [-0.2, -0.15) is 0 Å². The number of nitrogens with zero attached hydrogens (tertiary/aromatic N) is 1. The van der Waals surface area contributed by atoms with Gasteiger partial charge in [-0.25, -0.2) is 4.98 Å². The number of aromatic nitrogens is 1. The van der Waals surface area contributed by atoms with Crippen LogP contribution >= 0.6 is 11.3 Å². The lowest BCUT2D eigenvalue weighted by molar-refractivity contribution is 1.32. The Balaban J connectivity index is 0.964. The molecular formula is C57H37NS. The van der Waals surface area contributed by atoms with Gasteiger partial charge < -0.3 is 0 Å². The first kappa shape index (κ1) is 34.8. The SMILES string of the molecule is c1ccc(-c2ccc(-c3ccc(-c4cc(-c5ccc(-c6cccc7ccccc67)cc5)cc(-c5ccc(-c6cccc7c6sc6ccccc67)cc5)n4)cc3)cc2)cc1. The Labute approximate surface area is 348 Å². The largest absolute Gasteiger partial charge is 0.248 e. The molecule has 0 atom stereocenters. The first-order valence-corrected chi connectivity index (χ1v) is 20.9. The van der Waals surface area contributed by atoms with Crippen LogP contribution in [0.1, 0.15) is 0 Å². The van der Waals surface area contributed by atoms with E-state index < -0.39 is 0 Å². The molecule has 0 radical (unpaired) electrons. The molecule has 2 heterocycles. The van der Waals surface area contributed by atoms with E-state index in [0.29, 0.717) is 0 Å². The molecule has 0 aliphatic rings. The average Bonchev–Trinajstić information content (AvgIpc) is 3.71. The molecule has 0 saturated carbocycles. The smallest absolute Gasteiger partial charge is 0.0715 e. The molecule has 2 aromatic heterocycles. The Morgan fingerprint density at radius 1 is 0.271 bits per heavy atom. The van der Waals surface area contributed by atoms with E-state index in [1.54, 1.807) is 0 Å². The number of thiophene rings is 1. The topological polar surface area (TPSA) is 12.9 Å². The van der Waals surface area contributed by atoms with Crippen molar-refractivity contribution in [3.8, 4) is 78.1 Å². The molecule has 0 aliphatic carbocycles. The fourth-order valence-electron chi connectivity index (χ4n) is 8.43. The van der Waals surface area contributed by atoms with Crippen LogP contribution in [0.25, 0.3) is 109 Å². The van der Waals surface area contributed by atoms with Crippen LogP contribution in [0.5, 0.6) is 0 Å². The Kier molecular flexibility index (Phi) is 8.76. The van der Waals surface area contributed by atoms with Crippen molar-refractivity contribution in [1.29, 1.82) is 0 Å². The van der Waals surface area contributed by atoms with Gasteiger partial charge in [-0.15, -0.1) is 11.3 Å². The number of hydrogen-bond acceptors (Lipinski definition) is 2. The van der Waals surface area contributed by atoms with Gasteiger partial charge in [0.15, 0.2) is 0 Å². The molecule has 59 heavy (non-hydrogen) atoms. The second kappa shape index (κ2) is 14.8. The van der Waals surface area contributed by atoms with E-state index in [2.05, 4.69) is 224 Å². The van der Waals surface area contributed by atoms with Crippen molar-refractivity contribution in [1.82, 2.24) is 4.98 Å². The lowest BCUT2D eigenvalue weighted by Crippen LogP contribution is -1.92. The highest BCUT2D eigenvalue weighted by Crippen LogP contribution is 2.41. The van der Waals surface area contributed by atoms with Crippen molar-refractivity contribution in [3.63, 3.8) is 0 Å². The molecule has 1 nitrogen and oxygen atoms in total. The standard InChI is InChI=1S/C57H37NS/c1-2-10-38(11-3-1)39-20-22-40(23-21-39)41-26-32-46(33-27-41)54-36-48(42-24-28-44(29-25-42)50-16-8-13-43-12-4-5-14-49(43)50)37-55(58-54)47-34-30-45(31-35-47)51-17-9-18-53-52-15-6-7-19-56(52)59-57(51)53/h1-37H. The molecule has 11 aromatic rings. The zero-order chi connectivity index (χ0) is 39.1. The van der Waals surface area contributed by atoms with Crippen molar-refractivity contribution in [2.45, 2.75) is 0 Å². The normalized spacial score (nSPS) is 11.4. The summed E-state index contributed by atoms with van der Waals surface area (Å²) in [5, 5.41) is 5.14. The van der Waals surface area contributed by atoms with Crippen molar-refractivity contribution in [2.75, 3.05) is 0 Å². The van der Waals surface area contributed by atoms with E-state index >= 15 is 0 Å². The Morgan fingerprint density at radius 2 is 0.695 bits per heavy atom. The molecule has 0 fully saturated rings. The first-order valence-electron chi connectivity index (χ1n) is 20.1. The van der Waals surface area contributed by atoms with Crippen LogP contribution in [0, 0.1) is 0 Å². The van der Waals surface area contributed by atoms with Crippen LogP contribution < -0.4 is 0 Å². The van der Waals surface area contributed by atoms with Gasteiger partial charge in [0, 0.05) is 31.3 Å². The van der Waals surface area contributed by atoms with Gasteiger partial charge in [-0.3, -0.25) is 0 Å². The number of benzene rings is 9. The summed E-state index contributed by atoms with van der Waals surface area (Å²) in [4.78, 5) is 5.33. The summed E-state index contributed by atoms with van der Waals surface area (Å²) in [7, 11) is 0. The molecule has 0 spiro atoms. The Hall–Kier alpha value is -7.39. The van der Waals surface area contributed by atoms with Gasteiger partial charge in [0.1, 0.15) is 0 Å². The molecule has 0 amide bonds. The quantitative estimate of drug-likeness (QED) is 0.157. The highest BCUT2D eigenvalue weighted by molar-refractivity contribution is 7.26. The monoisotopic (exact) mass is 767 g/mol. The van der Waals surface area contributed by atoms with Gasteiger partial charge in [0.05, 0.1) is 11.4 Å². The van der Waals surface area contributed by atoms with Crippen LogP contribution in [-0.4, -0.2) is 4.98 Å². The molecular weight excluding hydrogens is 731 g/mol. The second-order valence-corrected chi connectivity index (χ2v) is 16.2. The summed E-state index contributed by atoms with van der Waals surface area (Å²) >= 11 is 1.87. The van der Waals surface area contributed by atoms with Crippen molar-refractivity contribution >= 4 is 42.3 Å². The molecule has 2 heteroatoms. The van der Waals surface area contributed by atoms with E-state index in [1.165, 1.54) is 75.5 Å². The van der Waals surface area contributed by atoms with Crippen LogP contribution in [-0.2, 0) is 0 Å². The second-order valence-electron chi connectivity index (χ2n) is 15.1. The lowest BCUT2D eigenvalue weighted by Gasteiger charge is -2.13. The average molecular weight is 768 g/mol. The third-order valence-electron chi connectivity index (χ3n) is 11.5. The molecule has 9 aromatic carbocycles. The molecule has 11 rings (SSSR count). The molecule has 0 N–H and O–H groups in total. The minimum atomic E-state index is 0.945. The van der Waals surface area contributed by atoms with E-state index in [-0.39, 0.29) is 0 Å². The predicted octanol–water partition coefficient (Wildman–Crippen LogP) is 16.3. The number of rotatable bonds is 7. The maximum Gasteiger partial charge on any atom is 0.0715 e. The minimum absolute atomic E-state index is 0.945. The fourth-order valence-corrected chi connectivity index (χ4v) is 9.66. The van der Waals surface area contributed by atoms with Gasteiger partial charge >= 0.3 is 0 Å². The zero-order valence-electron chi connectivity index (χ0n) is 32.2. The van der Waals surface area contributed by atoms with E-state index in [1.807, 2.05) is 11.3 Å². The highest BCUT2D eigenvalue weighted by Gasteiger charge is 2.14. The van der Waals surface area contributed by atoms with Gasteiger partial charge in [0.2, 0.25) is 0 Å². The molecule has 0 bridgehead atoms. The van der Waals surface area contributed by atoms with Crippen LogP contribution in [0.2, 0.25) is 0 Å². The summed E-state index contributed by atoms with van der Waals surface area (Å²) in [5.74, 6) is 0. The van der Waals surface area contributed by atoms with Gasteiger partial charge in [0.25, 0.3) is 0 Å². The van der Waals surface area contributed by atoms with E-state index in [0.717, 1.165) is 33.6 Å². The molecule has 0 saturated heterocycles. The summed E-state index contributed by atoms with van der Waals surface area (Å²) in [6.07, 6.45) is 0.